The van der Waals surface area contributed by atoms with Gasteiger partial charge in [-0.3, -0.25) is 4.79 Å². The molecule has 2 aromatic carbocycles. The Morgan fingerprint density at radius 1 is 1.09 bits per heavy atom. The molecule has 1 amide bonds. The zero-order valence-electron chi connectivity index (χ0n) is 12.8. The minimum atomic E-state index is -4.39. The third kappa shape index (κ3) is 5.13. The van der Waals surface area contributed by atoms with Gasteiger partial charge in [0, 0.05) is 6.54 Å². The van der Waals surface area contributed by atoms with E-state index in [0.29, 0.717) is 18.5 Å². The quantitative estimate of drug-likeness (QED) is 0.889. The molecule has 0 aromatic heterocycles. The first-order chi connectivity index (χ1) is 10.9. The predicted octanol–water partition coefficient (Wildman–Crippen LogP) is 3.92. The SMILES string of the molecule is Cc1ccccc1CCNC(=O)Cc1cccc(C(F)(F)F)c1. The van der Waals surface area contributed by atoms with Crippen molar-refractivity contribution >= 4 is 5.91 Å². The van der Waals surface area contributed by atoms with Gasteiger partial charge in [-0.2, -0.15) is 13.2 Å². The van der Waals surface area contributed by atoms with Crippen LogP contribution in [0.2, 0.25) is 0 Å². The zero-order valence-corrected chi connectivity index (χ0v) is 12.8. The van der Waals surface area contributed by atoms with Gasteiger partial charge in [-0.25, -0.2) is 0 Å². The van der Waals surface area contributed by atoms with E-state index in [-0.39, 0.29) is 12.3 Å². The minimum Gasteiger partial charge on any atom is -0.355 e. The number of halogens is 3. The molecule has 0 bridgehead atoms. The summed E-state index contributed by atoms with van der Waals surface area (Å²) in [5, 5.41) is 2.74. The van der Waals surface area contributed by atoms with Crippen molar-refractivity contribution in [1.29, 1.82) is 0 Å². The first-order valence-electron chi connectivity index (χ1n) is 7.33. The Balaban J connectivity index is 1.87. The van der Waals surface area contributed by atoms with E-state index in [0.717, 1.165) is 23.3 Å². The average molecular weight is 321 g/mol. The maximum absolute atomic E-state index is 12.6. The maximum atomic E-state index is 12.6. The van der Waals surface area contributed by atoms with Crippen molar-refractivity contribution in [1.82, 2.24) is 5.32 Å². The van der Waals surface area contributed by atoms with Gasteiger partial charge in [0.25, 0.3) is 0 Å². The van der Waals surface area contributed by atoms with E-state index < -0.39 is 11.7 Å². The van der Waals surface area contributed by atoms with Gasteiger partial charge >= 0.3 is 6.18 Å². The van der Waals surface area contributed by atoms with Gasteiger partial charge in [0.15, 0.2) is 0 Å². The highest BCUT2D eigenvalue weighted by molar-refractivity contribution is 5.78. The lowest BCUT2D eigenvalue weighted by molar-refractivity contribution is -0.137. The number of hydrogen-bond acceptors (Lipinski definition) is 1. The van der Waals surface area contributed by atoms with Crippen LogP contribution in [-0.2, 0) is 23.8 Å². The molecule has 2 rings (SSSR count). The van der Waals surface area contributed by atoms with Crippen LogP contribution < -0.4 is 5.32 Å². The second-order valence-corrected chi connectivity index (χ2v) is 5.40. The molecule has 1 N–H and O–H groups in total. The predicted molar refractivity (Wildman–Crippen MR) is 83.0 cm³/mol. The van der Waals surface area contributed by atoms with Crippen LogP contribution >= 0.6 is 0 Å². The number of hydrogen-bond donors (Lipinski definition) is 1. The largest absolute Gasteiger partial charge is 0.416 e. The highest BCUT2D eigenvalue weighted by atomic mass is 19.4. The van der Waals surface area contributed by atoms with E-state index in [2.05, 4.69) is 5.32 Å². The van der Waals surface area contributed by atoms with Crippen molar-refractivity contribution in [2.75, 3.05) is 6.54 Å². The van der Waals surface area contributed by atoms with Crippen LogP contribution in [0, 0.1) is 6.92 Å². The number of aryl methyl sites for hydroxylation is 1. The molecular weight excluding hydrogens is 303 g/mol. The van der Waals surface area contributed by atoms with Crippen LogP contribution in [0.3, 0.4) is 0 Å². The fraction of sp³-hybridized carbons (Fsp3) is 0.278. The third-order valence-corrected chi connectivity index (χ3v) is 3.60. The molecule has 0 aliphatic heterocycles. The van der Waals surface area contributed by atoms with Crippen molar-refractivity contribution in [3.8, 4) is 0 Å². The van der Waals surface area contributed by atoms with E-state index in [9.17, 15) is 18.0 Å². The molecule has 122 valence electrons. The Morgan fingerprint density at radius 3 is 2.52 bits per heavy atom. The van der Waals surface area contributed by atoms with Gasteiger partial charge in [-0.05, 0) is 36.1 Å². The lowest BCUT2D eigenvalue weighted by Crippen LogP contribution is -2.27. The van der Waals surface area contributed by atoms with Crippen LogP contribution in [0.25, 0.3) is 0 Å². The monoisotopic (exact) mass is 321 g/mol. The summed E-state index contributed by atoms with van der Waals surface area (Å²) in [6, 6.07) is 12.7. The van der Waals surface area contributed by atoms with E-state index in [4.69, 9.17) is 0 Å². The molecular formula is C18H18F3NO. The summed E-state index contributed by atoms with van der Waals surface area (Å²) >= 11 is 0. The van der Waals surface area contributed by atoms with E-state index in [1.807, 2.05) is 31.2 Å². The minimum absolute atomic E-state index is 0.0578. The molecule has 23 heavy (non-hydrogen) atoms. The number of carbonyl (C=O) groups is 1. The Kier molecular flexibility index (Phi) is 5.42. The zero-order chi connectivity index (χ0) is 16.9. The molecule has 5 heteroatoms. The van der Waals surface area contributed by atoms with Crippen molar-refractivity contribution < 1.29 is 18.0 Å². The van der Waals surface area contributed by atoms with E-state index >= 15 is 0 Å². The van der Waals surface area contributed by atoms with Crippen molar-refractivity contribution in [2.24, 2.45) is 0 Å². The van der Waals surface area contributed by atoms with Crippen LogP contribution in [0.1, 0.15) is 22.3 Å². The normalized spacial score (nSPS) is 11.3. The summed E-state index contributed by atoms with van der Waals surface area (Å²) < 4.78 is 37.9. The first kappa shape index (κ1) is 17.1. The summed E-state index contributed by atoms with van der Waals surface area (Å²) in [5.74, 6) is -0.280. The van der Waals surface area contributed by atoms with Gasteiger partial charge in [-0.15, -0.1) is 0 Å². The second-order valence-electron chi connectivity index (χ2n) is 5.40. The topological polar surface area (TPSA) is 29.1 Å². The van der Waals surface area contributed by atoms with Crippen LogP contribution in [-0.4, -0.2) is 12.5 Å². The first-order valence-corrected chi connectivity index (χ1v) is 7.33. The molecule has 0 saturated carbocycles. The Hall–Kier alpha value is -2.30. The summed E-state index contributed by atoms with van der Waals surface area (Å²) in [6.07, 6.45) is -3.75. The van der Waals surface area contributed by atoms with Gasteiger partial charge in [0.1, 0.15) is 0 Å². The average Bonchev–Trinajstić information content (AvgIpc) is 2.48. The van der Waals surface area contributed by atoms with E-state index in [1.54, 1.807) is 0 Å². The Morgan fingerprint density at radius 2 is 1.83 bits per heavy atom. The van der Waals surface area contributed by atoms with Gasteiger partial charge < -0.3 is 5.32 Å². The Labute approximate surface area is 133 Å². The fourth-order valence-corrected chi connectivity index (χ4v) is 2.33. The third-order valence-electron chi connectivity index (χ3n) is 3.60. The number of benzene rings is 2. The van der Waals surface area contributed by atoms with Crippen LogP contribution in [0.5, 0.6) is 0 Å². The maximum Gasteiger partial charge on any atom is 0.416 e. The molecule has 0 heterocycles. The molecule has 0 unspecified atom stereocenters. The standard InChI is InChI=1S/C18H18F3NO/c1-13-5-2-3-7-15(13)9-10-22-17(23)12-14-6-4-8-16(11-14)18(19,20)21/h2-8,11H,9-10,12H2,1H3,(H,22,23). The van der Waals surface area contributed by atoms with Gasteiger partial charge in [0.05, 0.1) is 12.0 Å². The second kappa shape index (κ2) is 7.31. The number of carbonyl (C=O) groups excluding carboxylic acids is 1. The molecule has 0 aliphatic carbocycles. The van der Waals surface area contributed by atoms with Gasteiger partial charge in [-0.1, -0.05) is 42.5 Å². The van der Waals surface area contributed by atoms with Crippen molar-refractivity contribution in [3.05, 3.63) is 70.8 Å². The van der Waals surface area contributed by atoms with Crippen molar-refractivity contribution in [2.45, 2.75) is 25.9 Å². The van der Waals surface area contributed by atoms with Crippen molar-refractivity contribution in [3.63, 3.8) is 0 Å². The fourth-order valence-electron chi connectivity index (χ4n) is 2.33. The number of nitrogens with one attached hydrogen (secondary N) is 1. The molecule has 0 atom stereocenters. The lowest BCUT2D eigenvalue weighted by Gasteiger charge is -2.10. The van der Waals surface area contributed by atoms with Crippen LogP contribution in [0.15, 0.2) is 48.5 Å². The molecule has 0 radical (unpaired) electrons. The van der Waals surface area contributed by atoms with Crippen LogP contribution in [0.4, 0.5) is 13.2 Å². The number of alkyl halides is 3. The molecule has 0 saturated heterocycles. The summed E-state index contributed by atoms with van der Waals surface area (Å²) in [6.45, 7) is 2.46. The van der Waals surface area contributed by atoms with Gasteiger partial charge in [0.2, 0.25) is 5.91 Å². The summed E-state index contributed by atoms with van der Waals surface area (Å²) in [7, 11) is 0. The summed E-state index contributed by atoms with van der Waals surface area (Å²) in [4.78, 5) is 11.9. The highest BCUT2D eigenvalue weighted by Crippen LogP contribution is 2.29. The Bertz CT molecular complexity index is 680. The summed E-state index contributed by atoms with van der Waals surface area (Å²) in [5.41, 5.74) is 1.92. The van der Waals surface area contributed by atoms with E-state index in [1.165, 1.54) is 12.1 Å². The smallest absolute Gasteiger partial charge is 0.355 e. The molecule has 2 nitrogen and oxygen atoms in total. The lowest BCUT2D eigenvalue weighted by atomic mass is 10.1. The molecule has 0 fully saturated rings. The number of rotatable bonds is 5. The molecule has 0 spiro atoms. The highest BCUT2D eigenvalue weighted by Gasteiger charge is 2.30. The molecule has 2 aromatic rings. The number of amides is 1. The molecule has 0 aliphatic rings.